The Kier molecular flexibility index (Phi) is 4.52. The van der Waals surface area contributed by atoms with Gasteiger partial charge in [-0.15, -0.1) is 0 Å². The Morgan fingerprint density at radius 3 is 2.63 bits per heavy atom. The number of hydrogen-bond donors (Lipinski definition) is 1. The van der Waals surface area contributed by atoms with Gasteiger partial charge in [-0.05, 0) is 37.8 Å². The molecule has 0 spiro atoms. The van der Waals surface area contributed by atoms with E-state index in [-0.39, 0.29) is 17.1 Å². The Labute approximate surface area is 118 Å². The zero-order chi connectivity index (χ0) is 13.9. The summed E-state index contributed by atoms with van der Waals surface area (Å²) in [6.45, 7) is 0. The van der Waals surface area contributed by atoms with Crippen molar-refractivity contribution in [1.29, 1.82) is 0 Å². The molecule has 0 amide bonds. The maximum atomic E-state index is 11.3. The number of rotatable bonds is 4. The van der Waals surface area contributed by atoms with E-state index in [1.807, 2.05) is 0 Å². The molecule has 106 valence electrons. The van der Waals surface area contributed by atoms with Gasteiger partial charge >= 0.3 is 0 Å². The van der Waals surface area contributed by atoms with Gasteiger partial charge in [-0.3, -0.25) is 4.72 Å². The van der Waals surface area contributed by atoms with Crippen LogP contribution in [0.5, 0.6) is 5.88 Å². The van der Waals surface area contributed by atoms with Crippen molar-refractivity contribution >= 4 is 27.3 Å². The van der Waals surface area contributed by atoms with Crippen LogP contribution in [0.15, 0.2) is 12.1 Å². The molecule has 1 fully saturated rings. The molecule has 0 bridgehead atoms. The van der Waals surface area contributed by atoms with Gasteiger partial charge in [0, 0.05) is 0 Å². The lowest BCUT2D eigenvalue weighted by molar-refractivity contribution is 0.150. The summed E-state index contributed by atoms with van der Waals surface area (Å²) in [5.74, 6) is 0.254. The molecule has 0 atom stereocenters. The van der Waals surface area contributed by atoms with Gasteiger partial charge in [-0.25, -0.2) is 8.42 Å². The maximum Gasteiger partial charge on any atom is 0.240 e. The monoisotopic (exact) mass is 304 g/mol. The van der Waals surface area contributed by atoms with Crippen LogP contribution < -0.4 is 9.46 Å². The van der Waals surface area contributed by atoms with E-state index in [9.17, 15) is 8.42 Å². The van der Waals surface area contributed by atoms with E-state index in [0.717, 1.165) is 31.9 Å². The predicted molar refractivity (Wildman–Crippen MR) is 75.2 cm³/mol. The average molecular weight is 305 g/mol. The molecule has 1 aliphatic carbocycles. The van der Waals surface area contributed by atoms with Gasteiger partial charge in [-0.2, -0.15) is 4.98 Å². The summed E-state index contributed by atoms with van der Waals surface area (Å²) in [5, 5.41) is 0.282. The highest BCUT2D eigenvalue weighted by Gasteiger charge is 2.18. The van der Waals surface area contributed by atoms with Crippen molar-refractivity contribution in [2.45, 2.75) is 38.2 Å². The standard InChI is InChI=1S/C12H17ClN2O3S/c1-19(16,17)15-10-7-8-11(13)14-12(10)18-9-5-3-2-4-6-9/h7-9,15H,2-6H2,1H3. The summed E-state index contributed by atoms with van der Waals surface area (Å²) in [6.07, 6.45) is 6.57. The first-order valence-corrected chi connectivity index (χ1v) is 8.52. The highest BCUT2D eigenvalue weighted by Crippen LogP contribution is 2.29. The number of sulfonamides is 1. The Hall–Kier alpha value is -1.01. The van der Waals surface area contributed by atoms with Crippen LogP contribution in [0.3, 0.4) is 0 Å². The second kappa shape index (κ2) is 5.96. The molecule has 5 nitrogen and oxygen atoms in total. The van der Waals surface area contributed by atoms with E-state index in [4.69, 9.17) is 16.3 Å². The van der Waals surface area contributed by atoms with Gasteiger partial charge in [0.1, 0.15) is 16.9 Å². The third-order valence-electron chi connectivity index (χ3n) is 2.95. The van der Waals surface area contributed by atoms with Crippen LogP contribution in [0.1, 0.15) is 32.1 Å². The second-order valence-corrected chi connectivity index (χ2v) is 6.87. The normalized spacial score (nSPS) is 17.2. The first kappa shape index (κ1) is 14.4. The Morgan fingerprint density at radius 2 is 2.00 bits per heavy atom. The Bertz CT molecular complexity index is 542. The van der Waals surface area contributed by atoms with E-state index in [2.05, 4.69) is 9.71 Å². The van der Waals surface area contributed by atoms with Gasteiger partial charge in [0.2, 0.25) is 15.9 Å². The Morgan fingerprint density at radius 1 is 1.32 bits per heavy atom. The largest absolute Gasteiger partial charge is 0.473 e. The topological polar surface area (TPSA) is 68.3 Å². The molecule has 1 aliphatic rings. The third-order valence-corrected chi connectivity index (χ3v) is 3.75. The molecule has 1 aromatic rings. The smallest absolute Gasteiger partial charge is 0.240 e. The molecule has 1 saturated carbocycles. The first-order valence-electron chi connectivity index (χ1n) is 6.25. The molecule has 0 radical (unpaired) electrons. The molecule has 2 rings (SSSR count). The number of halogens is 1. The zero-order valence-electron chi connectivity index (χ0n) is 10.7. The van der Waals surface area contributed by atoms with E-state index >= 15 is 0 Å². The number of nitrogens with zero attached hydrogens (tertiary/aromatic N) is 1. The van der Waals surface area contributed by atoms with Crippen molar-refractivity contribution in [1.82, 2.24) is 4.98 Å². The fourth-order valence-electron chi connectivity index (χ4n) is 2.13. The number of ether oxygens (including phenoxy) is 1. The van der Waals surface area contributed by atoms with Gasteiger partial charge in [0.15, 0.2) is 0 Å². The van der Waals surface area contributed by atoms with E-state index in [0.29, 0.717) is 5.69 Å². The summed E-state index contributed by atoms with van der Waals surface area (Å²) in [5.41, 5.74) is 0.331. The fourth-order valence-corrected chi connectivity index (χ4v) is 2.82. The molecule has 19 heavy (non-hydrogen) atoms. The van der Waals surface area contributed by atoms with E-state index in [1.165, 1.54) is 12.5 Å². The molecule has 1 heterocycles. The minimum atomic E-state index is -3.37. The van der Waals surface area contributed by atoms with E-state index in [1.54, 1.807) is 6.07 Å². The quantitative estimate of drug-likeness (QED) is 0.869. The second-order valence-electron chi connectivity index (χ2n) is 4.74. The fraction of sp³-hybridized carbons (Fsp3) is 0.583. The average Bonchev–Trinajstić information content (AvgIpc) is 2.32. The summed E-state index contributed by atoms with van der Waals surface area (Å²) in [4.78, 5) is 4.07. The molecule has 0 aromatic carbocycles. The maximum absolute atomic E-state index is 11.3. The molecular formula is C12H17ClN2O3S. The number of nitrogens with one attached hydrogen (secondary N) is 1. The van der Waals surface area contributed by atoms with Gasteiger partial charge < -0.3 is 4.74 Å². The predicted octanol–water partition coefficient (Wildman–Crippen LogP) is 2.82. The highest BCUT2D eigenvalue weighted by molar-refractivity contribution is 7.92. The van der Waals surface area contributed by atoms with Crippen molar-refractivity contribution in [3.63, 3.8) is 0 Å². The third kappa shape index (κ3) is 4.54. The number of hydrogen-bond acceptors (Lipinski definition) is 4. The number of pyridine rings is 1. The summed E-state index contributed by atoms with van der Waals surface area (Å²) in [7, 11) is -3.37. The molecule has 0 aliphatic heterocycles. The molecule has 7 heteroatoms. The van der Waals surface area contributed by atoms with Crippen LogP contribution in [-0.2, 0) is 10.0 Å². The molecular weight excluding hydrogens is 288 g/mol. The van der Waals surface area contributed by atoms with Crippen LogP contribution in [0.4, 0.5) is 5.69 Å². The van der Waals surface area contributed by atoms with Gasteiger partial charge in [0.25, 0.3) is 0 Å². The molecule has 0 unspecified atom stereocenters. The minimum absolute atomic E-state index is 0.0832. The van der Waals surface area contributed by atoms with Crippen molar-refractivity contribution in [2.24, 2.45) is 0 Å². The SMILES string of the molecule is CS(=O)(=O)Nc1ccc(Cl)nc1OC1CCCCC1. The Balaban J connectivity index is 2.19. The lowest BCUT2D eigenvalue weighted by Crippen LogP contribution is -2.21. The van der Waals surface area contributed by atoms with Crippen LogP contribution in [0.2, 0.25) is 5.15 Å². The minimum Gasteiger partial charge on any atom is -0.473 e. The lowest BCUT2D eigenvalue weighted by Gasteiger charge is -2.23. The van der Waals surface area contributed by atoms with Gasteiger partial charge in [-0.1, -0.05) is 18.0 Å². The molecule has 0 saturated heterocycles. The molecule has 1 aromatic heterocycles. The first-order chi connectivity index (χ1) is 8.94. The van der Waals surface area contributed by atoms with Crippen molar-refractivity contribution in [2.75, 3.05) is 11.0 Å². The van der Waals surface area contributed by atoms with Crippen LogP contribution in [0, 0.1) is 0 Å². The van der Waals surface area contributed by atoms with Crippen molar-refractivity contribution in [3.05, 3.63) is 17.3 Å². The zero-order valence-corrected chi connectivity index (χ0v) is 12.3. The summed E-state index contributed by atoms with van der Waals surface area (Å²) >= 11 is 5.84. The van der Waals surface area contributed by atoms with Crippen molar-refractivity contribution in [3.8, 4) is 5.88 Å². The summed E-state index contributed by atoms with van der Waals surface area (Å²) < 4.78 is 30.8. The summed E-state index contributed by atoms with van der Waals surface area (Å²) in [6, 6.07) is 3.09. The van der Waals surface area contributed by atoms with Gasteiger partial charge in [0.05, 0.1) is 6.26 Å². The van der Waals surface area contributed by atoms with Crippen molar-refractivity contribution < 1.29 is 13.2 Å². The van der Waals surface area contributed by atoms with E-state index < -0.39 is 10.0 Å². The molecule has 1 N–H and O–H groups in total. The van der Waals surface area contributed by atoms with Crippen LogP contribution in [-0.4, -0.2) is 25.8 Å². The lowest BCUT2D eigenvalue weighted by atomic mass is 9.98. The number of anilines is 1. The number of aromatic nitrogens is 1. The van der Waals surface area contributed by atoms with Crippen LogP contribution in [0.25, 0.3) is 0 Å². The van der Waals surface area contributed by atoms with Crippen LogP contribution >= 0.6 is 11.6 Å². The highest BCUT2D eigenvalue weighted by atomic mass is 35.5.